The summed E-state index contributed by atoms with van der Waals surface area (Å²) < 4.78 is 9.41. The fraction of sp³-hybridized carbons (Fsp3) is 0.727. The first-order chi connectivity index (χ1) is 6.95. The van der Waals surface area contributed by atoms with Gasteiger partial charge in [-0.15, -0.1) is 0 Å². The standard InChI is InChI=1S/C7H12O3.C4H10O/c1-5(2)7(9)10-4-6(3)8;1-3-5-4-2/h6,8H,1,4H2,2-3H3;3-4H2,1-2H3. The van der Waals surface area contributed by atoms with E-state index in [0.717, 1.165) is 13.2 Å². The van der Waals surface area contributed by atoms with E-state index < -0.39 is 12.1 Å². The molecule has 4 heteroatoms. The van der Waals surface area contributed by atoms with Gasteiger partial charge in [-0.05, 0) is 27.7 Å². The van der Waals surface area contributed by atoms with Gasteiger partial charge < -0.3 is 14.6 Å². The summed E-state index contributed by atoms with van der Waals surface area (Å²) in [5, 5.41) is 8.68. The quantitative estimate of drug-likeness (QED) is 0.561. The first kappa shape index (κ1) is 16.6. The van der Waals surface area contributed by atoms with Gasteiger partial charge in [-0.3, -0.25) is 0 Å². The van der Waals surface area contributed by atoms with Gasteiger partial charge in [-0.1, -0.05) is 6.58 Å². The molecule has 0 heterocycles. The van der Waals surface area contributed by atoms with Crippen molar-refractivity contribution in [3.8, 4) is 0 Å². The van der Waals surface area contributed by atoms with Gasteiger partial charge in [0.05, 0.1) is 6.10 Å². The Balaban J connectivity index is 0. The second-order valence-electron chi connectivity index (χ2n) is 3.01. The zero-order valence-electron chi connectivity index (χ0n) is 10.1. The molecule has 0 aliphatic carbocycles. The normalized spacial score (nSPS) is 11.0. The zero-order valence-corrected chi connectivity index (χ0v) is 10.1. The molecule has 0 aliphatic heterocycles. The maximum Gasteiger partial charge on any atom is 0.333 e. The van der Waals surface area contributed by atoms with Crippen molar-refractivity contribution < 1.29 is 19.4 Å². The highest BCUT2D eigenvalue weighted by atomic mass is 16.5. The molecule has 0 bridgehead atoms. The summed E-state index contributed by atoms with van der Waals surface area (Å²) in [6.45, 7) is 12.2. The molecule has 1 unspecified atom stereocenters. The average Bonchev–Trinajstić information content (AvgIpc) is 2.16. The molecule has 1 atom stereocenters. The lowest BCUT2D eigenvalue weighted by Crippen LogP contribution is -2.15. The predicted molar refractivity (Wildman–Crippen MR) is 59.6 cm³/mol. The third-order valence-corrected chi connectivity index (χ3v) is 1.21. The van der Waals surface area contributed by atoms with E-state index in [1.807, 2.05) is 13.8 Å². The van der Waals surface area contributed by atoms with Crippen LogP contribution in [0.15, 0.2) is 12.2 Å². The van der Waals surface area contributed by atoms with Crippen molar-refractivity contribution in [3.05, 3.63) is 12.2 Å². The van der Waals surface area contributed by atoms with E-state index in [2.05, 4.69) is 11.3 Å². The summed E-state index contributed by atoms with van der Waals surface area (Å²) in [5.41, 5.74) is 0.348. The number of esters is 1. The summed E-state index contributed by atoms with van der Waals surface area (Å²) in [6, 6.07) is 0. The maximum atomic E-state index is 10.6. The molecule has 15 heavy (non-hydrogen) atoms. The van der Waals surface area contributed by atoms with E-state index in [1.54, 1.807) is 13.8 Å². The molecule has 0 amide bonds. The van der Waals surface area contributed by atoms with Crippen LogP contribution in [-0.4, -0.2) is 37.0 Å². The van der Waals surface area contributed by atoms with E-state index in [9.17, 15) is 4.79 Å². The molecular formula is C11H22O4. The van der Waals surface area contributed by atoms with Gasteiger partial charge in [-0.2, -0.15) is 0 Å². The number of carbonyl (C=O) groups is 1. The minimum Gasteiger partial charge on any atom is -0.460 e. The Labute approximate surface area is 91.9 Å². The minimum absolute atomic E-state index is 0.0334. The van der Waals surface area contributed by atoms with Gasteiger partial charge in [0.2, 0.25) is 0 Å². The molecule has 0 aromatic heterocycles. The van der Waals surface area contributed by atoms with E-state index >= 15 is 0 Å². The lowest BCUT2D eigenvalue weighted by molar-refractivity contribution is -0.141. The first-order valence-corrected chi connectivity index (χ1v) is 5.04. The largest absolute Gasteiger partial charge is 0.460 e. The van der Waals surface area contributed by atoms with Crippen molar-refractivity contribution in [1.29, 1.82) is 0 Å². The van der Waals surface area contributed by atoms with Crippen LogP contribution in [0.4, 0.5) is 0 Å². The van der Waals surface area contributed by atoms with Crippen LogP contribution < -0.4 is 0 Å². The monoisotopic (exact) mass is 218 g/mol. The van der Waals surface area contributed by atoms with Gasteiger partial charge in [-0.25, -0.2) is 4.79 Å². The first-order valence-electron chi connectivity index (χ1n) is 5.04. The van der Waals surface area contributed by atoms with Crippen molar-refractivity contribution in [1.82, 2.24) is 0 Å². The van der Waals surface area contributed by atoms with Gasteiger partial charge in [0.1, 0.15) is 6.61 Å². The summed E-state index contributed by atoms with van der Waals surface area (Å²) in [4.78, 5) is 10.6. The number of ether oxygens (including phenoxy) is 2. The van der Waals surface area contributed by atoms with Crippen LogP contribution in [0.3, 0.4) is 0 Å². The highest BCUT2D eigenvalue weighted by Gasteiger charge is 2.03. The number of hydrogen-bond donors (Lipinski definition) is 1. The Kier molecular flexibility index (Phi) is 12.4. The van der Waals surface area contributed by atoms with Gasteiger partial charge in [0, 0.05) is 18.8 Å². The molecule has 0 aromatic carbocycles. The van der Waals surface area contributed by atoms with E-state index in [1.165, 1.54) is 0 Å². The predicted octanol–water partition coefficient (Wildman–Crippen LogP) is 1.53. The van der Waals surface area contributed by atoms with Crippen molar-refractivity contribution in [2.75, 3.05) is 19.8 Å². The van der Waals surface area contributed by atoms with Crippen molar-refractivity contribution >= 4 is 5.97 Å². The summed E-state index contributed by atoms with van der Waals surface area (Å²) >= 11 is 0. The molecule has 0 spiro atoms. The fourth-order valence-electron chi connectivity index (χ4n) is 0.524. The SMILES string of the molecule is C=C(C)C(=O)OCC(C)O.CCOCC. The minimum atomic E-state index is -0.608. The topological polar surface area (TPSA) is 55.8 Å². The van der Waals surface area contributed by atoms with Gasteiger partial charge in [0.25, 0.3) is 0 Å². The van der Waals surface area contributed by atoms with Crippen LogP contribution >= 0.6 is 0 Å². The lowest BCUT2D eigenvalue weighted by Gasteiger charge is -2.04. The number of aliphatic hydroxyl groups excluding tert-OH is 1. The molecule has 0 rings (SSSR count). The van der Waals surface area contributed by atoms with Crippen LogP contribution in [0.25, 0.3) is 0 Å². The highest BCUT2D eigenvalue weighted by molar-refractivity contribution is 5.86. The maximum absolute atomic E-state index is 10.6. The van der Waals surface area contributed by atoms with Crippen LogP contribution in [-0.2, 0) is 14.3 Å². The smallest absolute Gasteiger partial charge is 0.333 e. The van der Waals surface area contributed by atoms with E-state index in [4.69, 9.17) is 9.84 Å². The molecular weight excluding hydrogens is 196 g/mol. The number of aliphatic hydroxyl groups is 1. The highest BCUT2D eigenvalue weighted by Crippen LogP contribution is 1.92. The summed E-state index contributed by atoms with van der Waals surface area (Å²) in [7, 11) is 0. The molecule has 4 nitrogen and oxygen atoms in total. The lowest BCUT2D eigenvalue weighted by atomic mass is 10.3. The molecule has 1 N–H and O–H groups in total. The fourth-order valence-corrected chi connectivity index (χ4v) is 0.524. The molecule has 0 aromatic rings. The molecule has 0 saturated heterocycles. The molecule has 0 radical (unpaired) electrons. The van der Waals surface area contributed by atoms with Crippen molar-refractivity contribution in [3.63, 3.8) is 0 Å². The Hall–Kier alpha value is -0.870. The average molecular weight is 218 g/mol. The van der Waals surface area contributed by atoms with E-state index in [0.29, 0.717) is 5.57 Å². The van der Waals surface area contributed by atoms with Crippen LogP contribution in [0.5, 0.6) is 0 Å². The number of carbonyl (C=O) groups excluding carboxylic acids is 1. The molecule has 0 aliphatic rings. The van der Waals surface area contributed by atoms with Crippen LogP contribution in [0.2, 0.25) is 0 Å². The Morgan fingerprint density at radius 3 is 2.07 bits per heavy atom. The molecule has 90 valence electrons. The third kappa shape index (κ3) is 15.9. The molecule has 0 saturated carbocycles. The van der Waals surface area contributed by atoms with Crippen LogP contribution in [0.1, 0.15) is 27.7 Å². The Morgan fingerprint density at radius 1 is 1.40 bits per heavy atom. The second kappa shape index (κ2) is 11.2. The molecule has 0 fully saturated rings. The van der Waals surface area contributed by atoms with Gasteiger partial charge >= 0.3 is 5.97 Å². The summed E-state index contributed by atoms with van der Waals surface area (Å²) in [5.74, 6) is -0.457. The summed E-state index contributed by atoms with van der Waals surface area (Å²) in [6.07, 6.45) is -0.608. The van der Waals surface area contributed by atoms with Crippen molar-refractivity contribution in [2.24, 2.45) is 0 Å². The van der Waals surface area contributed by atoms with E-state index in [-0.39, 0.29) is 6.61 Å². The van der Waals surface area contributed by atoms with Gasteiger partial charge in [0.15, 0.2) is 0 Å². The number of hydrogen-bond acceptors (Lipinski definition) is 4. The van der Waals surface area contributed by atoms with Crippen LogP contribution in [0, 0.1) is 0 Å². The number of rotatable bonds is 5. The van der Waals surface area contributed by atoms with Crippen molar-refractivity contribution in [2.45, 2.75) is 33.8 Å². The zero-order chi connectivity index (χ0) is 12.3. The Morgan fingerprint density at radius 2 is 1.87 bits per heavy atom. The second-order valence-corrected chi connectivity index (χ2v) is 3.01. The third-order valence-electron chi connectivity index (χ3n) is 1.21. The Bertz CT molecular complexity index is 173.